The molecule has 6 nitrogen and oxygen atoms in total. The van der Waals surface area contributed by atoms with Crippen LogP contribution in [0.3, 0.4) is 0 Å². The number of aromatic nitrogens is 2. The molecule has 1 aliphatic heterocycles. The first-order chi connectivity index (χ1) is 14.7. The third-order valence-electron chi connectivity index (χ3n) is 5.64. The maximum atomic E-state index is 13.7. The summed E-state index contributed by atoms with van der Waals surface area (Å²) < 4.78 is 69.8. The summed E-state index contributed by atoms with van der Waals surface area (Å²) in [6.07, 6.45) is 1.31. The number of benzene rings is 2. The van der Waals surface area contributed by atoms with E-state index in [4.69, 9.17) is 0 Å². The summed E-state index contributed by atoms with van der Waals surface area (Å²) in [6, 6.07) is 8.80. The molecule has 31 heavy (non-hydrogen) atoms. The van der Waals surface area contributed by atoms with E-state index >= 15 is 0 Å². The second-order valence-electron chi connectivity index (χ2n) is 7.56. The average Bonchev–Trinajstić information content (AvgIpc) is 3.30. The van der Waals surface area contributed by atoms with E-state index in [0.717, 1.165) is 17.7 Å². The van der Waals surface area contributed by atoms with E-state index < -0.39 is 33.5 Å². The van der Waals surface area contributed by atoms with E-state index in [1.807, 2.05) is 0 Å². The van der Waals surface area contributed by atoms with Crippen molar-refractivity contribution in [1.82, 2.24) is 13.9 Å². The maximum Gasteiger partial charge on any atom is 0.260 e. The van der Waals surface area contributed by atoms with Crippen molar-refractivity contribution in [2.75, 3.05) is 18.4 Å². The van der Waals surface area contributed by atoms with Crippen molar-refractivity contribution in [2.45, 2.75) is 23.9 Å². The molecular formula is C21H21F3N4O2S. The molecule has 1 aromatic heterocycles. The summed E-state index contributed by atoms with van der Waals surface area (Å²) in [5.74, 6) is -2.15. The summed E-state index contributed by atoms with van der Waals surface area (Å²) in [7, 11) is -2.23. The molecule has 1 N–H and O–H groups in total. The molecule has 2 heterocycles. The predicted octanol–water partition coefficient (Wildman–Crippen LogP) is 3.41. The van der Waals surface area contributed by atoms with Crippen LogP contribution in [-0.4, -0.2) is 41.4 Å². The van der Waals surface area contributed by atoms with Gasteiger partial charge in [-0.15, -0.1) is 0 Å². The van der Waals surface area contributed by atoms with Crippen molar-refractivity contribution in [3.05, 3.63) is 77.5 Å². The van der Waals surface area contributed by atoms with Gasteiger partial charge < -0.3 is 9.88 Å². The minimum Gasteiger partial charge on any atom is -0.380 e. The lowest BCUT2D eigenvalue weighted by Crippen LogP contribution is -2.32. The Morgan fingerprint density at radius 2 is 1.74 bits per heavy atom. The number of nitrogens with zero attached hydrogens (tertiary/aromatic N) is 3. The summed E-state index contributed by atoms with van der Waals surface area (Å²) in [5, 5.41) is 3.18. The van der Waals surface area contributed by atoms with E-state index in [9.17, 15) is 21.6 Å². The SMILES string of the molecule is Cc1ncc(S(=O)(=O)N2CC(Nc3ccc(F)c(F)c3)C(c3ccc(F)cc3)C2)n1C. The van der Waals surface area contributed by atoms with E-state index in [-0.39, 0.29) is 24.0 Å². The molecule has 1 saturated heterocycles. The lowest BCUT2D eigenvalue weighted by Gasteiger charge is -2.21. The van der Waals surface area contributed by atoms with Crippen LogP contribution >= 0.6 is 0 Å². The van der Waals surface area contributed by atoms with Crippen LogP contribution in [0.25, 0.3) is 0 Å². The minimum atomic E-state index is -3.85. The molecule has 2 unspecified atom stereocenters. The van der Waals surface area contributed by atoms with Gasteiger partial charge >= 0.3 is 0 Å². The van der Waals surface area contributed by atoms with Gasteiger partial charge in [0.1, 0.15) is 11.6 Å². The summed E-state index contributed by atoms with van der Waals surface area (Å²) in [6.45, 7) is 1.94. The monoisotopic (exact) mass is 450 g/mol. The molecule has 0 spiro atoms. The lowest BCUT2D eigenvalue weighted by atomic mass is 9.94. The Labute approximate surface area is 178 Å². The van der Waals surface area contributed by atoms with Gasteiger partial charge in [-0.3, -0.25) is 0 Å². The van der Waals surface area contributed by atoms with E-state index in [1.54, 1.807) is 26.1 Å². The van der Waals surface area contributed by atoms with Crippen molar-refractivity contribution in [3.63, 3.8) is 0 Å². The molecule has 4 rings (SSSR count). The highest BCUT2D eigenvalue weighted by atomic mass is 32.2. The molecule has 10 heteroatoms. The van der Waals surface area contributed by atoms with Crippen LogP contribution in [0.5, 0.6) is 0 Å². The Morgan fingerprint density at radius 1 is 1.03 bits per heavy atom. The van der Waals surface area contributed by atoms with Crippen LogP contribution in [0.2, 0.25) is 0 Å². The number of rotatable bonds is 5. The quantitative estimate of drug-likeness (QED) is 0.647. The lowest BCUT2D eigenvalue weighted by molar-refractivity contribution is 0.464. The van der Waals surface area contributed by atoms with Crippen LogP contribution in [0.1, 0.15) is 17.3 Å². The normalized spacial score (nSPS) is 19.6. The molecular weight excluding hydrogens is 429 g/mol. The fourth-order valence-electron chi connectivity index (χ4n) is 3.81. The first-order valence-corrected chi connectivity index (χ1v) is 11.1. The maximum absolute atomic E-state index is 13.7. The van der Waals surface area contributed by atoms with Crippen molar-refractivity contribution >= 4 is 15.7 Å². The van der Waals surface area contributed by atoms with Crippen LogP contribution in [0, 0.1) is 24.4 Å². The van der Waals surface area contributed by atoms with Gasteiger partial charge in [0.15, 0.2) is 16.7 Å². The number of hydrogen-bond acceptors (Lipinski definition) is 4. The summed E-state index contributed by atoms with van der Waals surface area (Å²) in [4.78, 5) is 4.07. The van der Waals surface area contributed by atoms with Gasteiger partial charge in [-0.1, -0.05) is 12.1 Å². The molecule has 0 amide bonds. The molecule has 1 aliphatic rings. The van der Waals surface area contributed by atoms with Crippen molar-refractivity contribution < 1.29 is 21.6 Å². The zero-order valence-corrected chi connectivity index (χ0v) is 17.7. The Hall–Kier alpha value is -2.85. The Bertz CT molecular complexity index is 1210. The van der Waals surface area contributed by atoms with Crippen molar-refractivity contribution in [3.8, 4) is 0 Å². The summed E-state index contributed by atoms with van der Waals surface area (Å²) >= 11 is 0. The van der Waals surface area contributed by atoms with E-state index in [0.29, 0.717) is 11.5 Å². The zero-order valence-electron chi connectivity index (χ0n) is 16.9. The van der Waals surface area contributed by atoms with E-state index in [2.05, 4.69) is 10.3 Å². The number of imidazole rings is 1. The molecule has 0 aliphatic carbocycles. The highest BCUT2D eigenvalue weighted by Gasteiger charge is 2.41. The molecule has 2 aromatic carbocycles. The topological polar surface area (TPSA) is 67.2 Å². The van der Waals surface area contributed by atoms with Gasteiger partial charge in [0.05, 0.1) is 6.20 Å². The third kappa shape index (κ3) is 4.05. The highest BCUT2D eigenvalue weighted by molar-refractivity contribution is 7.89. The first kappa shape index (κ1) is 21.4. The zero-order chi connectivity index (χ0) is 22.3. The van der Waals surface area contributed by atoms with Gasteiger partial charge in [0.25, 0.3) is 10.0 Å². The van der Waals surface area contributed by atoms with Crippen molar-refractivity contribution in [2.24, 2.45) is 7.05 Å². The number of hydrogen-bond donors (Lipinski definition) is 1. The number of halogens is 3. The van der Waals surface area contributed by atoms with Crippen LogP contribution in [-0.2, 0) is 17.1 Å². The molecule has 1 fully saturated rings. The minimum absolute atomic E-state index is 0.0660. The van der Waals surface area contributed by atoms with Crippen LogP contribution in [0.4, 0.5) is 18.9 Å². The van der Waals surface area contributed by atoms with Crippen LogP contribution < -0.4 is 5.32 Å². The first-order valence-electron chi connectivity index (χ1n) is 9.62. The molecule has 0 radical (unpaired) electrons. The highest BCUT2D eigenvalue weighted by Crippen LogP contribution is 2.34. The second-order valence-corrected chi connectivity index (χ2v) is 9.45. The average molecular weight is 450 g/mol. The molecule has 0 saturated carbocycles. The molecule has 3 aromatic rings. The number of nitrogens with one attached hydrogen (secondary N) is 1. The standard InChI is InChI=1S/C21H21F3N4O2S/c1-13-25-10-21(27(13)2)31(29,30)28-11-17(14-3-5-15(22)6-4-14)20(12-28)26-16-7-8-18(23)19(24)9-16/h3-10,17,20,26H,11-12H2,1-2H3. The molecule has 164 valence electrons. The third-order valence-corrected chi connectivity index (χ3v) is 7.52. The van der Waals surface area contributed by atoms with Gasteiger partial charge in [-0.25, -0.2) is 26.6 Å². The largest absolute Gasteiger partial charge is 0.380 e. The van der Waals surface area contributed by atoms with Crippen LogP contribution in [0.15, 0.2) is 53.7 Å². The van der Waals surface area contributed by atoms with Gasteiger partial charge in [0.2, 0.25) is 0 Å². The van der Waals surface area contributed by atoms with Gasteiger partial charge in [-0.05, 0) is 36.8 Å². The smallest absolute Gasteiger partial charge is 0.260 e. The predicted molar refractivity (Wildman–Crippen MR) is 110 cm³/mol. The fourth-order valence-corrected chi connectivity index (χ4v) is 5.45. The van der Waals surface area contributed by atoms with E-state index in [1.165, 1.54) is 33.3 Å². The Balaban J connectivity index is 1.68. The fraction of sp³-hybridized carbons (Fsp3) is 0.286. The Kier molecular flexibility index (Phi) is 5.52. The summed E-state index contributed by atoms with van der Waals surface area (Å²) in [5.41, 5.74) is 1.06. The van der Waals surface area contributed by atoms with Gasteiger partial charge in [0, 0.05) is 43.9 Å². The number of aryl methyl sites for hydroxylation is 1. The second kappa shape index (κ2) is 8.01. The Morgan fingerprint density at radius 3 is 2.35 bits per heavy atom. The van der Waals surface area contributed by atoms with Crippen molar-refractivity contribution in [1.29, 1.82) is 0 Å². The molecule has 0 bridgehead atoms. The molecule has 2 atom stereocenters. The van der Waals surface area contributed by atoms with Gasteiger partial charge in [-0.2, -0.15) is 4.31 Å². The number of anilines is 1. The number of sulfonamides is 1.